The normalized spacial score (nSPS) is 11.4. The molecule has 12 aromatic carbocycles. The summed E-state index contributed by atoms with van der Waals surface area (Å²) in [7, 11) is 0. The van der Waals surface area contributed by atoms with Crippen molar-refractivity contribution in [2.75, 3.05) is 9.80 Å². The minimum absolute atomic E-state index is 0.470. The highest BCUT2D eigenvalue weighted by Crippen LogP contribution is 2.42. The Morgan fingerprint density at radius 2 is 0.573 bits per heavy atom. The molecule has 7 nitrogen and oxygen atoms in total. The third-order valence-corrected chi connectivity index (χ3v) is 15.6. The van der Waals surface area contributed by atoms with Crippen molar-refractivity contribution < 1.29 is 0 Å². The number of aromatic nitrogens is 5. The quantitative estimate of drug-likeness (QED) is 0.122. The summed E-state index contributed by atoms with van der Waals surface area (Å²) in [5.41, 5.74) is 18.0. The predicted molar refractivity (Wildman–Crippen MR) is 340 cm³/mol. The molecule has 0 unspecified atom stereocenters. The number of hydrogen-bond donors (Lipinski definition) is 0. The molecule has 15 aromatic rings. The minimum atomic E-state index is 0.470. The van der Waals surface area contributed by atoms with Crippen molar-refractivity contribution in [3.8, 4) is 56.1 Å². The molecule has 0 saturated carbocycles. The second kappa shape index (κ2) is 20.6. The Morgan fingerprint density at radius 3 is 1.02 bits per heavy atom. The number of anilines is 6. The van der Waals surface area contributed by atoms with E-state index in [-0.39, 0.29) is 0 Å². The van der Waals surface area contributed by atoms with Crippen LogP contribution in [0.25, 0.3) is 99.8 Å². The molecule has 0 amide bonds. The van der Waals surface area contributed by atoms with Gasteiger partial charge in [0.25, 0.3) is 0 Å². The fourth-order valence-electron chi connectivity index (χ4n) is 11.8. The van der Waals surface area contributed by atoms with Crippen molar-refractivity contribution in [1.82, 2.24) is 24.1 Å². The summed E-state index contributed by atoms with van der Waals surface area (Å²) in [4.78, 5) is 20.8. The monoisotopic (exact) mass is 1050 g/mol. The highest BCUT2D eigenvalue weighted by atomic mass is 15.3. The lowest BCUT2D eigenvalue weighted by atomic mass is 9.99. The van der Waals surface area contributed by atoms with Crippen LogP contribution in [0.2, 0.25) is 0 Å². The second-order valence-electron chi connectivity index (χ2n) is 20.4. The zero-order valence-electron chi connectivity index (χ0n) is 44.6. The summed E-state index contributed by atoms with van der Waals surface area (Å²) in [6.07, 6.45) is 0. The Balaban J connectivity index is 0.865. The molecule has 0 aliphatic carbocycles. The summed E-state index contributed by atoms with van der Waals surface area (Å²) >= 11 is 0. The second-order valence-corrected chi connectivity index (χ2v) is 20.4. The summed E-state index contributed by atoms with van der Waals surface area (Å²) in [5.74, 6) is 1.48. The first-order valence-corrected chi connectivity index (χ1v) is 27.7. The van der Waals surface area contributed by atoms with Gasteiger partial charge in [-0.2, -0.15) is 15.0 Å². The minimum Gasteiger partial charge on any atom is -0.309 e. The average molecular weight is 1050 g/mol. The highest BCUT2D eigenvalue weighted by molar-refractivity contribution is 6.11. The molecule has 15 rings (SSSR count). The molecule has 0 N–H and O–H groups in total. The first-order valence-electron chi connectivity index (χ1n) is 27.7. The Hall–Kier alpha value is -11.2. The number of rotatable bonds is 12. The van der Waals surface area contributed by atoms with Crippen molar-refractivity contribution in [2.24, 2.45) is 0 Å². The molecule has 3 heterocycles. The maximum Gasteiger partial charge on any atom is 0.240 e. The van der Waals surface area contributed by atoms with Crippen LogP contribution in [-0.2, 0) is 0 Å². The molecule has 386 valence electrons. The lowest BCUT2D eigenvalue weighted by molar-refractivity contribution is 0.989. The van der Waals surface area contributed by atoms with Crippen LogP contribution < -0.4 is 9.80 Å². The van der Waals surface area contributed by atoms with E-state index >= 15 is 0 Å². The molecule has 0 saturated heterocycles. The van der Waals surface area contributed by atoms with E-state index in [1.54, 1.807) is 0 Å². The maximum atomic E-state index is 5.53. The van der Waals surface area contributed by atoms with Crippen molar-refractivity contribution in [3.05, 3.63) is 309 Å². The van der Waals surface area contributed by atoms with E-state index < -0.39 is 0 Å². The van der Waals surface area contributed by atoms with Gasteiger partial charge >= 0.3 is 0 Å². The van der Waals surface area contributed by atoms with E-state index in [1.165, 1.54) is 43.6 Å². The number of nitrogens with zero attached hydrogens (tertiary/aromatic N) is 7. The van der Waals surface area contributed by atoms with Gasteiger partial charge in [-0.15, -0.1) is 0 Å². The van der Waals surface area contributed by atoms with Gasteiger partial charge in [0.15, 0.2) is 5.82 Å². The molecule has 0 atom stereocenters. The first kappa shape index (κ1) is 48.0. The zero-order chi connectivity index (χ0) is 54.3. The Labute approximate surface area is 475 Å². The molecule has 0 bridgehead atoms. The van der Waals surface area contributed by atoms with Crippen LogP contribution in [0, 0.1) is 0 Å². The van der Waals surface area contributed by atoms with Gasteiger partial charge in [-0.25, -0.2) is 0 Å². The fourth-order valence-corrected chi connectivity index (χ4v) is 11.8. The van der Waals surface area contributed by atoms with E-state index in [0.717, 1.165) is 73.1 Å². The molecule has 82 heavy (non-hydrogen) atoms. The van der Waals surface area contributed by atoms with Crippen LogP contribution >= 0.6 is 0 Å². The zero-order valence-corrected chi connectivity index (χ0v) is 44.6. The number of hydrogen-bond acceptors (Lipinski definition) is 5. The smallest absolute Gasteiger partial charge is 0.240 e. The van der Waals surface area contributed by atoms with Gasteiger partial charge in [0.05, 0.1) is 22.1 Å². The number of para-hydroxylation sites is 6. The van der Waals surface area contributed by atoms with Gasteiger partial charge in [-0.1, -0.05) is 200 Å². The average Bonchev–Trinajstić information content (AvgIpc) is 4.30. The van der Waals surface area contributed by atoms with Gasteiger partial charge in [0.1, 0.15) is 0 Å². The molecule has 0 aliphatic rings. The molecule has 0 spiro atoms. The summed E-state index contributed by atoms with van der Waals surface area (Å²) in [6, 6.07) is 109. The van der Waals surface area contributed by atoms with Gasteiger partial charge in [0.2, 0.25) is 11.9 Å². The maximum absolute atomic E-state index is 5.53. The third-order valence-electron chi connectivity index (χ3n) is 15.6. The van der Waals surface area contributed by atoms with E-state index in [4.69, 9.17) is 15.0 Å². The van der Waals surface area contributed by atoms with Crippen LogP contribution in [0.5, 0.6) is 0 Å². The molecule has 0 radical (unpaired) electrons. The summed E-state index contributed by atoms with van der Waals surface area (Å²) in [6.45, 7) is 0. The van der Waals surface area contributed by atoms with Crippen molar-refractivity contribution in [1.29, 1.82) is 0 Å². The van der Waals surface area contributed by atoms with E-state index in [0.29, 0.717) is 17.7 Å². The number of fused-ring (bicyclic) bond motifs is 6. The van der Waals surface area contributed by atoms with Crippen LogP contribution in [-0.4, -0.2) is 24.1 Å². The van der Waals surface area contributed by atoms with Gasteiger partial charge < -0.3 is 9.13 Å². The van der Waals surface area contributed by atoms with E-state index in [2.05, 4.69) is 310 Å². The van der Waals surface area contributed by atoms with Crippen molar-refractivity contribution in [3.63, 3.8) is 0 Å². The summed E-state index contributed by atoms with van der Waals surface area (Å²) in [5, 5.41) is 4.84. The fraction of sp³-hybridized carbons (Fsp3) is 0. The van der Waals surface area contributed by atoms with Crippen molar-refractivity contribution >= 4 is 78.3 Å². The SMILES string of the molecule is c1ccc(-c2ccccc2-c2nc(N(c3ccccc3)c3ccc(-c4ccc5c(c4)c4ccccc4n5-c4ccccc4)cc3)nc(N(c3ccccc3)c3ccc(-c4ccc5c(c4)c4ccccc4n5-c4ccccc4)cc3)n2)cc1. The lowest BCUT2D eigenvalue weighted by Gasteiger charge is -2.27. The van der Waals surface area contributed by atoms with Crippen LogP contribution in [0.15, 0.2) is 309 Å². The Bertz CT molecular complexity index is 4510. The van der Waals surface area contributed by atoms with Crippen LogP contribution in [0.1, 0.15) is 0 Å². The van der Waals surface area contributed by atoms with Crippen LogP contribution in [0.3, 0.4) is 0 Å². The Morgan fingerprint density at radius 1 is 0.232 bits per heavy atom. The largest absolute Gasteiger partial charge is 0.309 e. The Kier molecular flexibility index (Phi) is 12.0. The molecular weight excluding hydrogens is 999 g/mol. The van der Waals surface area contributed by atoms with Crippen molar-refractivity contribution in [2.45, 2.75) is 0 Å². The van der Waals surface area contributed by atoms with Crippen LogP contribution in [0.4, 0.5) is 34.6 Å². The lowest BCUT2D eigenvalue weighted by Crippen LogP contribution is -2.19. The highest BCUT2D eigenvalue weighted by Gasteiger charge is 2.25. The summed E-state index contributed by atoms with van der Waals surface area (Å²) < 4.78 is 4.71. The number of benzene rings is 12. The van der Waals surface area contributed by atoms with E-state index in [9.17, 15) is 0 Å². The molecular formula is C75H51N7. The topological polar surface area (TPSA) is 55.0 Å². The molecule has 3 aromatic heterocycles. The van der Waals surface area contributed by atoms with E-state index in [1.807, 2.05) is 18.2 Å². The van der Waals surface area contributed by atoms with Gasteiger partial charge in [0, 0.05) is 61.2 Å². The third kappa shape index (κ3) is 8.61. The molecule has 7 heteroatoms. The van der Waals surface area contributed by atoms with Gasteiger partial charge in [-0.05, 0) is 143 Å². The molecule has 0 aliphatic heterocycles. The standard InChI is InChI=1S/C75H51N7/c1-6-22-54(23-7-1)63-32-16-17-35-66(63)73-76-74(79(57-24-8-2-9-25-57)61-44-38-52(39-45-61)55-42-48-71-67(50-55)64-33-18-20-36-69(64)81(71)59-28-12-4-13-29-59)78-75(77-73)80(58-26-10-3-11-27-58)62-46-40-53(41-47-62)56-43-49-72-68(51-56)65-34-19-21-37-70(65)82(72)60-30-14-5-15-31-60/h1-51H. The first-order chi connectivity index (χ1) is 40.7. The molecule has 0 fully saturated rings. The van der Waals surface area contributed by atoms with Gasteiger partial charge in [-0.3, -0.25) is 9.80 Å². The predicted octanol–water partition coefficient (Wildman–Crippen LogP) is 19.7.